The molecule has 0 amide bonds. The lowest BCUT2D eigenvalue weighted by Crippen LogP contribution is -2.70. The first-order valence-corrected chi connectivity index (χ1v) is 23.1. The Morgan fingerprint density at radius 1 is 0.984 bits per heavy atom. The van der Waals surface area contributed by atoms with Crippen molar-refractivity contribution in [2.24, 2.45) is 17.8 Å². The number of methoxy groups -OCH3 is 1. The van der Waals surface area contributed by atoms with E-state index in [2.05, 4.69) is 16.0 Å². The van der Waals surface area contributed by atoms with E-state index in [0.29, 0.717) is 19.5 Å². The molecule has 18 atom stereocenters. The van der Waals surface area contributed by atoms with Gasteiger partial charge in [0.25, 0.3) is 0 Å². The highest BCUT2D eigenvalue weighted by molar-refractivity contribution is 5.73. The molecule has 3 aliphatic rings. The number of hydrogen-bond donors (Lipinski definition) is 7. The second-order valence-electron chi connectivity index (χ2n) is 19.4. The maximum absolute atomic E-state index is 14.5. The molecule has 64 heavy (non-hydrogen) atoms. The van der Waals surface area contributed by atoms with E-state index in [-0.39, 0.29) is 49.3 Å². The van der Waals surface area contributed by atoms with E-state index in [0.717, 1.165) is 6.42 Å². The number of rotatable bonds is 14. The molecule has 1 aromatic rings. The molecular weight excluding hydrogens is 833 g/mol. The van der Waals surface area contributed by atoms with Crippen LogP contribution in [-0.4, -0.2) is 155 Å². The lowest BCUT2D eigenvalue weighted by Gasteiger charge is -2.53. The maximum Gasteiger partial charge on any atom is 0.311 e. The molecule has 0 unspecified atom stereocenters. The van der Waals surface area contributed by atoms with Gasteiger partial charge in [0, 0.05) is 38.1 Å². The summed E-state index contributed by atoms with van der Waals surface area (Å²) in [6, 6.07) is 4.98. The molecule has 0 aliphatic carbocycles. The Morgan fingerprint density at radius 3 is 2.27 bits per heavy atom. The summed E-state index contributed by atoms with van der Waals surface area (Å²) in [5.74, 6) is -2.95. The fourth-order valence-electron chi connectivity index (χ4n) is 9.98. The smallest absolute Gasteiger partial charge is 0.311 e. The lowest BCUT2D eigenvalue weighted by atomic mass is 9.75. The van der Waals surface area contributed by atoms with Crippen LogP contribution in [0.15, 0.2) is 24.3 Å². The Morgan fingerprint density at radius 2 is 1.66 bits per heavy atom. The van der Waals surface area contributed by atoms with Gasteiger partial charge in [0.05, 0.1) is 46.9 Å². The Hall–Kier alpha value is -2.59. The number of carbonyl (C=O) groups excluding carboxylic acids is 1. The molecule has 7 N–H and O–H groups in total. The Bertz CT molecular complexity index is 1660. The Balaban J connectivity index is 1.87. The summed E-state index contributed by atoms with van der Waals surface area (Å²) < 4.78 is 45.5. The van der Waals surface area contributed by atoms with Crippen molar-refractivity contribution in [1.29, 1.82) is 0 Å². The molecule has 3 aliphatic heterocycles. The second-order valence-corrected chi connectivity index (χ2v) is 19.4. The number of aliphatic hydroxyl groups excluding tert-OH is 1. The van der Waals surface area contributed by atoms with E-state index in [9.17, 15) is 35.3 Å². The number of nitrogens with zero attached hydrogens (tertiary/aromatic N) is 1. The third-order valence-corrected chi connectivity index (χ3v) is 14.1. The van der Waals surface area contributed by atoms with Crippen molar-refractivity contribution in [2.75, 3.05) is 33.8 Å². The number of hydrogen-bond acceptors (Lipinski definition) is 17. The number of benzene rings is 1. The highest BCUT2D eigenvalue weighted by Crippen LogP contribution is 2.43. The van der Waals surface area contributed by atoms with Crippen LogP contribution in [-0.2, 0) is 33.2 Å². The van der Waals surface area contributed by atoms with E-state index in [1.165, 1.54) is 26.2 Å². The second kappa shape index (κ2) is 22.5. The van der Waals surface area contributed by atoms with Crippen LogP contribution in [0.5, 0.6) is 5.75 Å². The fourth-order valence-corrected chi connectivity index (χ4v) is 9.98. The molecule has 0 radical (unpaired) electrons. The van der Waals surface area contributed by atoms with Crippen LogP contribution in [0.25, 0.3) is 0 Å². The van der Waals surface area contributed by atoms with Crippen LogP contribution in [0.2, 0.25) is 0 Å². The Labute approximate surface area is 379 Å². The van der Waals surface area contributed by atoms with Gasteiger partial charge in [-0.1, -0.05) is 39.8 Å². The molecule has 368 valence electrons. The number of likely N-dealkylation sites (N-methyl/N-ethyl adjacent to an activating group) is 1. The van der Waals surface area contributed by atoms with Gasteiger partial charge < -0.3 is 69.5 Å². The molecule has 1 aromatic carbocycles. The number of carbonyl (C=O) groups is 1. The average Bonchev–Trinajstić information content (AvgIpc) is 3.24. The first-order valence-electron chi connectivity index (χ1n) is 23.1. The summed E-state index contributed by atoms with van der Waals surface area (Å²) in [4.78, 5) is 26.1. The van der Waals surface area contributed by atoms with E-state index in [1.54, 1.807) is 67.6 Å². The zero-order chi connectivity index (χ0) is 47.9. The minimum absolute atomic E-state index is 0.0101. The summed E-state index contributed by atoms with van der Waals surface area (Å²) in [6.45, 7) is 20.5. The number of nitro benzene ring substituents is 1. The predicted molar refractivity (Wildman–Crippen MR) is 239 cm³/mol. The van der Waals surface area contributed by atoms with Crippen molar-refractivity contribution in [3.05, 3.63) is 34.4 Å². The summed E-state index contributed by atoms with van der Waals surface area (Å²) in [6.07, 6.45) is -7.51. The monoisotopic (exact) mass is 913 g/mol. The minimum Gasteiger partial charge on any atom is -0.476 e. The van der Waals surface area contributed by atoms with E-state index in [4.69, 9.17) is 33.2 Å². The maximum atomic E-state index is 14.5. The van der Waals surface area contributed by atoms with Gasteiger partial charge in [-0.05, 0) is 106 Å². The Kier molecular flexibility index (Phi) is 19.0. The fraction of sp³-hybridized carbons (Fsp3) is 0.848. The lowest BCUT2D eigenvalue weighted by molar-refractivity contribution is -0.386. The van der Waals surface area contributed by atoms with Gasteiger partial charge in [0.2, 0.25) is 0 Å². The van der Waals surface area contributed by atoms with Crippen LogP contribution in [0.1, 0.15) is 108 Å². The summed E-state index contributed by atoms with van der Waals surface area (Å²) in [5.41, 5.74) is -6.45. The van der Waals surface area contributed by atoms with E-state index in [1.807, 2.05) is 20.8 Å². The summed E-state index contributed by atoms with van der Waals surface area (Å²) in [5, 5.41) is 70.2. The number of nitrogens with one attached hydrogen (secondary N) is 3. The van der Waals surface area contributed by atoms with Crippen molar-refractivity contribution >= 4 is 11.7 Å². The third kappa shape index (κ3) is 12.1. The first kappa shape index (κ1) is 54.0. The van der Waals surface area contributed by atoms with Crippen LogP contribution in [0.4, 0.5) is 5.69 Å². The van der Waals surface area contributed by atoms with Gasteiger partial charge in [0.15, 0.2) is 24.4 Å². The highest BCUT2D eigenvalue weighted by atomic mass is 16.7. The molecule has 4 rings (SSSR count). The quantitative estimate of drug-likeness (QED) is 0.0611. The van der Waals surface area contributed by atoms with Crippen LogP contribution in [0, 0.1) is 27.9 Å². The standard InChI is InChI=1S/C46H80N4O14/c1-14-20-48-25-46(55)31(8)60-36(23-44(46,10)58-13)63-37-28(5)40(64-42-38(32(47-12)21-27(4)59-42)61-34-19-17-16-18-33(34)50(56)57)43(9,53)22-26(3)24-49-30(7)39(51)45(11,54)35(15-2)62-41(52)29(37)6/h16-19,26-32,35-40,42,47-49,51,53-55H,14-15,20-25H2,1-13H3/t26-,27-,28+,29-,30-,31+,32+,35-,36+,37+,38-,39-,40-,42+,43-,44-,45-,46+/m1/s1. The van der Waals surface area contributed by atoms with Crippen LogP contribution < -0.4 is 20.7 Å². The van der Waals surface area contributed by atoms with Gasteiger partial charge in [-0.2, -0.15) is 0 Å². The van der Waals surface area contributed by atoms with Gasteiger partial charge in [-0.3, -0.25) is 14.9 Å². The third-order valence-electron chi connectivity index (χ3n) is 14.1. The number of nitro groups is 1. The molecule has 0 saturated carbocycles. The molecule has 0 bridgehead atoms. The molecule has 0 aromatic heterocycles. The normalized spacial score (nSPS) is 43.1. The summed E-state index contributed by atoms with van der Waals surface area (Å²) in [7, 11) is 3.27. The van der Waals surface area contributed by atoms with Gasteiger partial charge in [0.1, 0.15) is 29.0 Å². The molecule has 18 nitrogen and oxygen atoms in total. The number of cyclic esters (lactones) is 1. The highest BCUT2D eigenvalue weighted by Gasteiger charge is 2.58. The van der Waals surface area contributed by atoms with Crippen molar-refractivity contribution in [1.82, 2.24) is 16.0 Å². The number of esters is 1. The van der Waals surface area contributed by atoms with Crippen molar-refractivity contribution < 1.29 is 63.3 Å². The van der Waals surface area contributed by atoms with Gasteiger partial charge >= 0.3 is 11.7 Å². The topological polar surface area (TPSA) is 242 Å². The molecule has 18 heteroatoms. The zero-order valence-electron chi connectivity index (χ0n) is 40.4. The molecular formula is C46H80N4O14. The summed E-state index contributed by atoms with van der Waals surface area (Å²) >= 11 is 0. The molecule has 3 heterocycles. The van der Waals surface area contributed by atoms with E-state index < -0.39 is 106 Å². The van der Waals surface area contributed by atoms with Crippen molar-refractivity contribution in [3.63, 3.8) is 0 Å². The van der Waals surface area contributed by atoms with Crippen molar-refractivity contribution in [2.45, 2.75) is 198 Å². The zero-order valence-corrected chi connectivity index (χ0v) is 40.4. The first-order chi connectivity index (χ1) is 29.9. The number of para-hydroxylation sites is 2. The van der Waals surface area contributed by atoms with Crippen LogP contribution >= 0.6 is 0 Å². The predicted octanol–water partition coefficient (Wildman–Crippen LogP) is 3.58. The van der Waals surface area contributed by atoms with E-state index >= 15 is 0 Å². The SMILES string of the molecule is CCCNC[C@]1(O)[C@H](C)O[C@@H](O[C@H]2[C@H](C)[C@@H](O[C@@H]3O[C@H](C)C[C@H](NC)[C@H]3Oc3ccccc3[N+](=O)[O-])[C@](C)(O)C[C@@H](C)CN[C@H](C)[C@@H](O)[C@](C)(O)[C@@H](CC)OC(=O)[C@@H]2C)C[C@@]1(C)OC. The number of ether oxygens (including phenoxy) is 7. The van der Waals surface area contributed by atoms with Crippen LogP contribution in [0.3, 0.4) is 0 Å². The number of aliphatic hydroxyl groups is 4. The largest absolute Gasteiger partial charge is 0.476 e. The average molecular weight is 913 g/mol. The minimum atomic E-state index is -1.86. The van der Waals surface area contributed by atoms with Gasteiger partial charge in [-0.15, -0.1) is 0 Å². The molecule has 0 spiro atoms. The van der Waals surface area contributed by atoms with Crippen molar-refractivity contribution in [3.8, 4) is 5.75 Å². The molecule has 3 fully saturated rings. The molecule has 3 saturated heterocycles. The van der Waals surface area contributed by atoms with Gasteiger partial charge in [-0.25, -0.2) is 0 Å².